The molecule has 1 aliphatic carbocycles. The molecular formula is C36H37ClN4O6S. The number of nitrogens with zero attached hydrogens (tertiary/aromatic N) is 3. The predicted molar refractivity (Wildman–Crippen MR) is 185 cm³/mol. The summed E-state index contributed by atoms with van der Waals surface area (Å²) in [6.45, 7) is -0.741. The molecule has 0 heterocycles. The molecule has 0 saturated heterocycles. The number of benzene rings is 4. The van der Waals surface area contributed by atoms with Gasteiger partial charge in [-0.2, -0.15) is 0 Å². The number of anilines is 1. The lowest BCUT2D eigenvalue weighted by atomic mass is 9.94. The molecule has 1 saturated carbocycles. The molecule has 4 aromatic rings. The Morgan fingerprint density at radius 1 is 0.854 bits per heavy atom. The first-order valence-electron chi connectivity index (χ1n) is 15.8. The molecule has 0 spiro atoms. The van der Waals surface area contributed by atoms with Crippen molar-refractivity contribution in [3.8, 4) is 0 Å². The van der Waals surface area contributed by atoms with Crippen molar-refractivity contribution in [1.29, 1.82) is 0 Å². The standard InChI is InChI=1S/C36H37ClN4O6S/c37-33-19-11-10-14-28(33)25-39(34(24-27-12-4-1-5-13-27)36(43)38-29-15-6-2-7-16-29)35(42)26-40(30-20-22-31(23-21-30)41(44)45)48(46,47)32-17-8-3-9-18-32/h1,3-5,8-14,17-23,29,34H,2,6-7,15-16,24-26H2,(H,38,43)/t34-/m0/s1. The highest BCUT2D eigenvalue weighted by atomic mass is 35.5. The van der Waals surface area contributed by atoms with E-state index in [0.29, 0.717) is 10.6 Å². The number of hydrogen-bond donors (Lipinski definition) is 1. The van der Waals surface area contributed by atoms with Gasteiger partial charge in [-0.3, -0.25) is 24.0 Å². The first kappa shape index (κ1) is 34.6. The van der Waals surface area contributed by atoms with E-state index >= 15 is 0 Å². The maximum atomic E-state index is 14.6. The van der Waals surface area contributed by atoms with Crippen LogP contribution < -0.4 is 9.62 Å². The Bertz CT molecular complexity index is 1820. The zero-order valence-corrected chi connectivity index (χ0v) is 27.9. The normalized spacial score (nSPS) is 14.1. The summed E-state index contributed by atoms with van der Waals surface area (Å²) in [5.41, 5.74) is 1.23. The molecule has 250 valence electrons. The van der Waals surface area contributed by atoms with E-state index in [4.69, 9.17) is 11.6 Å². The third kappa shape index (κ3) is 8.59. The van der Waals surface area contributed by atoms with Gasteiger partial charge in [0.25, 0.3) is 15.7 Å². The van der Waals surface area contributed by atoms with Gasteiger partial charge in [0.1, 0.15) is 12.6 Å². The van der Waals surface area contributed by atoms with Crippen LogP contribution in [0.5, 0.6) is 0 Å². The number of amides is 2. The molecule has 4 aromatic carbocycles. The number of nitro groups is 1. The number of nitrogens with one attached hydrogen (secondary N) is 1. The average molecular weight is 689 g/mol. The lowest BCUT2D eigenvalue weighted by Crippen LogP contribution is -2.55. The third-order valence-corrected chi connectivity index (χ3v) is 10.6. The quantitative estimate of drug-likeness (QED) is 0.126. The van der Waals surface area contributed by atoms with Gasteiger partial charge in [0.2, 0.25) is 11.8 Å². The van der Waals surface area contributed by atoms with Crippen LogP contribution in [0.1, 0.15) is 43.2 Å². The van der Waals surface area contributed by atoms with Crippen LogP contribution in [0.3, 0.4) is 0 Å². The second kappa shape index (κ2) is 15.9. The molecule has 1 atom stereocenters. The lowest BCUT2D eigenvalue weighted by Gasteiger charge is -2.35. The maximum Gasteiger partial charge on any atom is 0.269 e. The molecule has 2 amide bonds. The molecular weight excluding hydrogens is 652 g/mol. The first-order chi connectivity index (χ1) is 23.1. The van der Waals surface area contributed by atoms with Crippen LogP contribution >= 0.6 is 11.6 Å². The van der Waals surface area contributed by atoms with E-state index in [1.165, 1.54) is 41.3 Å². The number of non-ortho nitro benzene ring substituents is 1. The fraction of sp³-hybridized carbons (Fsp3) is 0.278. The van der Waals surface area contributed by atoms with Gasteiger partial charge in [-0.25, -0.2) is 8.42 Å². The Balaban J connectivity index is 1.57. The lowest BCUT2D eigenvalue weighted by molar-refractivity contribution is -0.384. The molecule has 5 rings (SSSR count). The van der Waals surface area contributed by atoms with E-state index in [-0.39, 0.29) is 41.2 Å². The van der Waals surface area contributed by atoms with E-state index in [1.54, 1.807) is 42.5 Å². The summed E-state index contributed by atoms with van der Waals surface area (Å²) >= 11 is 6.57. The van der Waals surface area contributed by atoms with Gasteiger partial charge in [0.05, 0.1) is 15.5 Å². The molecule has 10 nitrogen and oxygen atoms in total. The number of halogens is 1. The highest BCUT2D eigenvalue weighted by molar-refractivity contribution is 7.92. The van der Waals surface area contributed by atoms with Crippen molar-refractivity contribution in [3.05, 3.63) is 135 Å². The highest BCUT2D eigenvalue weighted by Crippen LogP contribution is 2.28. The average Bonchev–Trinajstić information content (AvgIpc) is 3.10. The van der Waals surface area contributed by atoms with Gasteiger partial charge >= 0.3 is 0 Å². The molecule has 48 heavy (non-hydrogen) atoms. The van der Waals surface area contributed by atoms with Crippen LogP contribution in [0.15, 0.2) is 114 Å². The van der Waals surface area contributed by atoms with Crippen molar-refractivity contribution >= 4 is 44.8 Å². The van der Waals surface area contributed by atoms with E-state index in [0.717, 1.165) is 42.0 Å². The SMILES string of the molecule is O=C(NC1CCCCC1)[C@H](Cc1ccccc1)N(Cc1ccccc1Cl)C(=O)CN(c1ccc([N+](=O)[O-])cc1)S(=O)(=O)c1ccccc1. The summed E-state index contributed by atoms with van der Waals surface area (Å²) in [4.78, 5) is 40.9. The van der Waals surface area contributed by atoms with Crippen LogP contribution in [0.4, 0.5) is 11.4 Å². The van der Waals surface area contributed by atoms with Crippen molar-refractivity contribution in [1.82, 2.24) is 10.2 Å². The molecule has 12 heteroatoms. The van der Waals surface area contributed by atoms with E-state index < -0.39 is 33.4 Å². The van der Waals surface area contributed by atoms with Crippen LogP contribution in [0.25, 0.3) is 0 Å². The third-order valence-electron chi connectivity index (χ3n) is 8.48. The first-order valence-corrected chi connectivity index (χ1v) is 17.6. The number of carbonyl (C=O) groups is 2. The summed E-state index contributed by atoms with van der Waals surface area (Å²) in [5, 5.41) is 14.9. The summed E-state index contributed by atoms with van der Waals surface area (Å²) in [7, 11) is -4.33. The Morgan fingerprint density at radius 3 is 2.08 bits per heavy atom. The summed E-state index contributed by atoms with van der Waals surface area (Å²) in [5.74, 6) is -0.980. The van der Waals surface area contributed by atoms with Gasteiger partial charge in [-0.15, -0.1) is 0 Å². The van der Waals surface area contributed by atoms with E-state index in [2.05, 4.69) is 5.32 Å². The Kier molecular flexibility index (Phi) is 11.5. The fourth-order valence-electron chi connectivity index (χ4n) is 5.90. The fourth-order valence-corrected chi connectivity index (χ4v) is 7.53. The number of carbonyl (C=O) groups excluding carboxylic acids is 2. The van der Waals surface area contributed by atoms with Crippen LogP contribution in [-0.2, 0) is 32.6 Å². The van der Waals surface area contributed by atoms with E-state index in [9.17, 15) is 28.1 Å². The molecule has 0 radical (unpaired) electrons. The van der Waals surface area contributed by atoms with Crippen molar-refractivity contribution in [2.75, 3.05) is 10.8 Å². The Morgan fingerprint density at radius 2 is 1.46 bits per heavy atom. The second-order valence-corrected chi connectivity index (χ2v) is 14.0. The number of hydrogen-bond acceptors (Lipinski definition) is 6. The predicted octanol–water partition coefficient (Wildman–Crippen LogP) is 6.53. The Hall–Kier alpha value is -4.74. The zero-order valence-electron chi connectivity index (χ0n) is 26.3. The van der Waals surface area contributed by atoms with Gasteiger partial charge in [0, 0.05) is 36.2 Å². The smallest absolute Gasteiger partial charge is 0.269 e. The van der Waals surface area contributed by atoms with Crippen molar-refractivity contribution < 1.29 is 22.9 Å². The summed E-state index contributed by atoms with van der Waals surface area (Å²) < 4.78 is 29.1. The largest absolute Gasteiger partial charge is 0.352 e. The zero-order chi connectivity index (χ0) is 34.1. The van der Waals surface area contributed by atoms with E-state index in [1.807, 2.05) is 30.3 Å². The van der Waals surface area contributed by atoms with Crippen molar-refractivity contribution in [3.63, 3.8) is 0 Å². The minimum Gasteiger partial charge on any atom is -0.352 e. The summed E-state index contributed by atoms with van der Waals surface area (Å²) in [6, 6.07) is 27.9. The van der Waals surface area contributed by atoms with Gasteiger partial charge in [-0.1, -0.05) is 97.6 Å². The molecule has 0 aliphatic heterocycles. The Labute approximate surface area is 285 Å². The van der Waals surface area contributed by atoms with Crippen molar-refractivity contribution in [2.45, 2.75) is 62.0 Å². The number of sulfonamides is 1. The van der Waals surface area contributed by atoms with Crippen LogP contribution in [0, 0.1) is 10.1 Å². The molecule has 1 N–H and O–H groups in total. The van der Waals surface area contributed by atoms with Gasteiger partial charge in [0.15, 0.2) is 0 Å². The molecule has 0 bridgehead atoms. The monoisotopic (exact) mass is 688 g/mol. The van der Waals surface area contributed by atoms with Crippen LogP contribution in [0.2, 0.25) is 5.02 Å². The maximum absolute atomic E-state index is 14.6. The number of nitro benzene ring substituents is 1. The second-order valence-electron chi connectivity index (χ2n) is 11.8. The summed E-state index contributed by atoms with van der Waals surface area (Å²) in [6.07, 6.45) is 4.96. The topological polar surface area (TPSA) is 130 Å². The minimum absolute atomic E-state index is 0.0307. The molecule has 1 aliphatic rings. The molecule has 0 aromatic heterocycles. The highest BCUT2D eigenvalue weighted by Gasteiger charge is 2.35. The minimum atomic E-state index is -4.33. The van der Waals surface area contributed by atoms with Crippen LogP contribution in [-0.4, -0.2) is 48.7 Å². The molecule has 0 unspecified atom stereocenters. The van der Waals surface area contributed by atoms with Crippen molar-refractivity contribution in [2.24, 2.45) is 0 Å². The number of rotatable bonds is 13. The van der Waals surface area contributed by atoms with Gasteiger partial charge < -0.3 is 10.2 Å². The van der Waals surface area contributed by atoms with Gasteiger partial charge in [-0.05, 0) is 54.3 Å². The molecule has 1 fully saturated rings.